The molecule has 1 amide bonds. The number of fused-ring (bicyclic) bond motifs is 1. The lowest BCUT2D eigenvalue weighted by molar-refractivity contribution is 0.203. The van der Waals surface area contributed by atoms with Gasteiger partial charge in [0, 0.05) is 24.8 Å². The summed E-state index contributed by atoms with van der Waals surface area (Å²) >= 11 is 0. The summed E-state index contributed by atoms with van der Waals surface area (Å²) in [6, 6.07) is 8.20. The number of nitrogens with zero attached hydrogens (tertiary/aromatic N) is 6. The van der Waals surface area contributed by atoms with Gasteiger partial charge in [-0.15, -0.1) is 0 Å². The Hall–Kier alpha value is -4.28. The number of hydrogen-bond donors (Lipinski definition) is 3. The highest BCUT2D eigenvalue weighted by Gasteiger charge is 2.23. The van der Waals surface area contributed by atoms with Crippen LogP contribution in [0.3, 0.4) is 0 Å². The smallest absolute Gasteiger partial charge is 0.411 e. The van der Waals surface area contributed by atoms with E-state index in [2.05, 4.69) is 20.1 Å². The van der Waals surface area contributed by atoms with Crippen LogP contribution >= 0.6 is 0 Å². The number of para-hydroxylation sites is 1. The van der Waals surface area contributed by atoms with Crippen LogP contribution in [0.5, 0.6) is 0 Å². The van der Waals surface area contributed by atoms with E-state index in [0.717, 1.165) is 10.5 Å². The fraction of sp³-hybridized carbons (Fsp3) is 0.105. The summed E-state index contributed by atoms with van der Waals surface area (Å²) in [4.78, 5) is 24.5. The molecule has 1 aromatic carbocycles. The van der Waals surface area contributed by atoms with E-state index >= 15 is 0 Å². The molecule has 152 valence electrons. The van der Waals surface area contributed by atoms with Crippen molar-refractivity contribution in [1.82, 2.24) is 24.7 Å². The van der Waals surface area contributed by atoms with Gasteiger partial charge < -0.3 is 16.6 Å². The Morgan fingerprint density at radius 3 is 2.57 bits per heavy atom. The first kappa shape index (κ1) is 19.1. The van der Waals surface area contributed by atoms with E-state index < -0.39 is 11.9 Å². The van der Waals surface area contributed by atoms with E-state index in [1.54, 1.807) is 30.6 Å². The first-order chi connectivity index (χ1) is 14.4. The standard InChI is InChI=1S/C19H17FN8O2/c1-27(19(29)30)15-16(21)24-18(25-17(15)22)13-11-5-2-6-12(20)14(11)28(26-13)9-10-4-3-7-23-8-10/h2-8H,9H2,1H3,(H,29,30)(H4,21,22,24,25). The van der Waals surface area contributed by atoms with Crippen molar-refractivity contribution < 1.29 is 14.3 Å². The van der Waals surface area contributed by atoms with Crippen LogP contribution in [-0.4, -0.2) is 43.0 Å². The number of carbonyl (C=O) groups is 1. The average molecular weight is 408 g/mol. The molecule has 0 atom stereocenters. The molecule has 0 saturated heterocycles. The Morgan fingerprint density at radius 2 is 1.93 bits per heavy atom. The molecule has 0 unspecified atom stereocenters. The molecule has 0 aliphatic rings. The van der Waals surface area contributed by atoms with E-state index in [1.165, 1.54) is 17.8 Å². The lowest BCUT2D eigenvalue weighted by Gasteiger charge is -2.16. The second kappa shape index (κ2) is 7.28. The zero-order chi connectivity index (χ0) is 21.4. The Morgan fingerprint density at radius 1 is 1.20 bits per heavy atom. The molecule has 0 aliphatic carbocycles. The second-order valence-corrected chi connectivity index (χ2v) is 6.51. The van der Waals surface area contributed by atoms with Crippen LogP contribution < -0.4 is 16.4 Å². The number of halogens is 1. The van der Waals surface area contributed by atoms with Gasteiger partial charge in [0.15, 0.2) is 17.5 Å². The van der Waals surface area contributed by atoms with Gasteiger partial charge in [0.1, 0.15) is 22.7 Å². The van der Waals surface area contributed by atoms with Crippen molar-refractivity contribution in [1.29, 1.82) is 0 Å². The topological polar surface area (TPSA) is 149 Å². The highest BCUT2D eigenvalue weighted by atomic mass is 19.1. The Kier molecular flexibility index (Phi) is 4.62. The van der Waals surface area contributed by atoms with E-state index in [-0.39, 0.29) is 40.9 Å². The number of amides is 1. The summed E-state index contributed by atoms with van der Waals surface area (Å²) in [6.07, 6.45) is 2.04. The Labute approximate surface area is 169 Å². The molecular weight excluding hydrogens is 391 g/mol. The molecule has 0 radical (unpaired) electrons. The number of benzene rings is 1. The van der Waals surface area contributed by atoms with Crippen LogP contribution in [0, 0.1) is 5.82 Å². The molecule has 4 aromatic rings. The van der Waals surface area contributed by atoms with Gasteiger partial charge in [-0.05, 0) is 17.7 Å². The first-order valence-electron chi connectivity index (χ1n) is 8.80. The third-order valence-electron chi connectivity index (χ3n) is 4.55. The maximum absolute atomic E-state index is 14.7. The largest absolute Gasteiger partial charge is 0.465 e. The maximum atomic E-state index is 14.7. The zero-order valence-corrected chi connectivity index (χ0v) is 15.8. The van der Waals surface area contributed by atoms with Gasteiger partial charge in [0.05, 0.1) is 6.54 Å². The number of rotatable bonds is 4. The summed E-state index contributed by atoms with van der Waals surface area (Å²) in [5.74, 6) is -0.658. The second-order valence-electron chi connectivity index (χ2n) is 6.51. The third-order valence-corrected chi connectivity index (χ3v) is 4.55. The normalized spacial score (nSPS) is 11.0. The molecule has 0 bridgehead atoms. The summed E-state index contributed by atoms with van der Waals surface area (Å²) in [6.45, 7) is 0.274. The summed E-state index contributed by atoms with van der Waals surface area (Å²) in [5.41, 5.74) is 13.2. The molecule has 3 aromatic heterocycles. The maximum Gasteiger partial charge on any atom is 0.411 e. The van der Waals surface area contributed by atoms with Gasteiger partial charge in [-0.25, -0.2) is 19.2 Å². The number of hydrogen-bond acceptors (Lipinski definition) is 7. The molecule has 4 rings (SSSR count). The lowest BCUT2D eigenvalue weighted by Crippen LogP contribution is -2.26. The number of nitrogen functional groups attached to an aromatic ring is 2. The van der Waals surface area contributed by atoms with Crippen LogP contribution in [-0.2, 0) is 6.54 Å². The van der Waals surface area contributed by atoms with Crippen molar-refractivity contribution in [2.75, 3.05) is 23.4 Å². The summed E-state index contributed by atoms with van der Waals surface area (Å²) in [7, 11) is 1.28. The molecule has 0 aliphatic heterocycles. The van der Waals surface area contributed by atoms with Crippen molar-refractivity contribution in [3.63, 3.8) is 0 Å². The highest BCUT2D eigenvalue weighted by Crippen LogP contribution is 2.33. The molecule has 0 saturated carbocycles. The van der Waals surface area contributed by atoms with Gasteiger partial charge in [-0.2, -0.15) is 5.10 Å². The molecule has 11 heteroatoms. The predicted octanol–water partition coefficient (Wildman–Crippen LogP) is 2.35. The molecule has 0 spiro atoms. The van der Waals surface area contributed by atoms with Crippen molar-refractivity contribution in [3.8, 4) is 11.5 Å². The quantitative estimate of drug-likeness (QED) is 0.466. The fourth-order valence-corrected chi connectivity index (χ4v) is 3.17. The third kappa shape index (κ3) is 3.21. The minimum atomic E-state index is -1.27. The minimum absolute atomic E-state index is 0.0310. The van der Waals surface area contributed by atoms with Crippen LogP contribution in [0.4, 0.5) is 26.5 Å². The summed E-state index contributed by atoms with van der Waals surface area (Å²) < 4.78 is 16.1. The minimum Gasteiger partial charge on any atom is -0.465 e. The van der Waals surface area contributed by atoms with E-state index in [4.69, 9.17) is 11.5 Å². The van der Waals surface area contributed by atoms with Gasteiger partial charge in [0.2, 0.25) is 0 Å². The van der Waals surface area contributed by atoms with Crippen LogP contribution in [0.15, 0.2) is 42.7 Å². The molecular formula is C19H17FN8O2. The highest BCUT2D eigenvalue weighted by molar-refractivity contribution is 5.96. The fourth-order valence-electron chi connectivity index (χ4n) is 3.17. The first-order valence-corrected chi connectivity index (χ1v) is 8.80. The van der Waals surface area contributed by atoms with Crippen LogP contribution in [0.1, 0.15) is 5.56 Å². The molecule has 30 heavy (non-hydrogen) atoms. The lowest BCUT2D eigenvalue weighted by atomic mass is 10.2. The van der Waals surface area contributed by atoms with Gasteiger partial charge in [0.25, 0.3) is 0 Å². The van der Waals surface area contributed by atoms with E-state index in [9.17, 15) is 14.3 Å². The molecule has 5 N–H and O–H groups in total. The van der Waals surface area contributed by atoms with Crippen molar-refractivity contribution in [2.45, 2.75) is 6.54 Å². The number of anilines is 3. The number of aromatic nitrogens is 5. The van der Waals surface area contributed by atoms with Gasteiger partial charge in [-0.1, -0.05) is 18.2 Å². The van der Waals surface area contributed by atoms with E-state index in [1.807, 2.05) is 6.07 Å². The monoisotopic (exact) mass is 408 g/mol. The Balaban J connectivity index is 1.88. The van der Waals surface area contributed by atoms with Gasteiger partial charge in [-0.3, -0.25) is 14.6 Å². The zero-order valence-electron chi connectivity index (χ0n) is 15.8. The molecule has 3 heterocycles. The number of pyridine rings is 1. The average Bonchev–Trinajstić information content (AvgIpc) is 3.07. The van der Waals surface area contributed by atoms with Crippen LogP contribution in [0.2, 0.25) is 0 Å². The van der Waals surface area contributed by atoms with Crippen LogP contribution in [0.25, 0.3) is 22.4 Å². The van der Waals surface area contributed by atoms with Crippen molar-refractivity contribution in [2.24, 2.45) is 0 Å². The molecule has 0 fully saturated rings. The van der Waals surface area contributed by atoms with Crippen molar-refractivity contribution in [3.05, 3.63) is 54.1 Å². The predicted molar refractivity (Wildman–Crippen MR) is 109 cm³/mol. The number of carboxylic acid groups (broad SMARTS) is 1. The van der Waals surface area contributed by atoms with Crippen molar-refractivity contribution >= 4 is 34.3 Å². The van der Waals surface area contributed by atoms with E-state index in [0.29, 0.717) is 5.39 Å². The van der Waals surface area contributed by atoms with Gasteiger partial charge >= 0.3 is 6.09 Å². The summed E-state index contributed by atoms with van der Waals surface area (Å²) in [5, 5.41) is 14.1. The molecule has 10 nitrogen and oxygen atoms in total. The SMILES string of the molecule is CN(C(=O)O)c1c(N)nc(-c2nn(Cc3cccnc3)c3c(F)cccc23)nc1N. The number of nitrogens with two attached hydrogens (primary N) is 2. The Bertz CT molecular complexity index is 1240.